The molecule has 0 heterocycles. The largest absolute Gasteiger partial charge is 0.313 e. The fraction of sp³-hybridized carbons (Fsp3) is 1.00. The average molecular weight is 231 g/mol. The van der Waals surface area contributed by atoms with Crippen LogP contribution in [0.15, 0.2) is 0 Å². The zero-order chi connectivity index (χ0) is 11.7. The fourth-order valence-corrected chi connectivity index (χ4v) is 3.16. The van der Waals surface area contributed by atoms with Gasteiger partial charge in [0.1, 0.15) is 0 Å². The van der Waals surface area contributed by atoms with Gasteiger partial charge in [-0.25, -0.2) is 0 Å². The summed E-state index contributed by atoms with van der Waals surface area (Å²) in [6, 6.07) is 0.716. The van der Waals surface area contributed by atoms with E-state index in [4.69, 9.17) is 0 Å². The molecule has 15 heavy (non-hydrogen) atoms. The third-order valence-electron chi connectivity index (χ3n) is 2.83. The highest BCUT2D eigenvalue weighted by molar-refractivity contribution is 7.99. The minimum Gasteiger partial charge on any atom is -0.313 e. The van der Waals surface area contributed by atoms with Crippen molar-refractivity contribution in [2.45, 2.75) is 53.5 Å². The monoisotopic (exact) mass is 231 g/mol. The van der Waals surface area contributed by atoms with Gasteiger partial charge < -0.3 is 5.32 Å². The Bertz CT molecular complexity index is 132. The molecule has 1 atom stereocenters. The van der Waals surface area contributed by atoms with Gasteiger partial charge in [0.15, 0.2) is 0 Å². The molecular formula is C13H29NS. The lowest BCUT2D eigenvalue weighted by atomic mass is 9.95. The van der Waals surface area contributed by atoms with E-state index in [1.165, 1.54) is 24.3 Å². The molecule has 0 rings (SSSR count). The van der Waals surface area contributed by atoms with Gasteiger partial charge in [-0.1, -0.05) is 47.5 Å². The van der Waals surface area contributed by atoms with E-state index in [-0.39, 0.29) is 0 Å². The summed E-state index contributed by atoms with van der Waals surface area (Å²) in [7, 11) is 0. The van der Waals surface area contributed by atoms with E-state index >= 15 is 0 Å². The number of rotatable bonds is 9. The first-order chi connectivity index (χ1) is 7.15. The van der Waals surface area contributed by atoms with E-state index in [1.54, 1.807) is 0 Å². The van der Waals surface area contributed by atoms with Gasteiger partial charge in [-0.15, -0.1) is 0 Å². The van der Waals surface area contributed by atoms with Crippen molar-refractivity contribution < 1.29 is 0 Å². The van der Waals surface area contributed by atoms with Crippen LogP contribution in [0.1, 0.15) is 47.5 Å². The Hall–Kier alpha value is 0.310. The summed E-state index contributed by atoms with van der Waals surface area (Å²) in [6.45, 7) is 12.5. The molecule has 92 valence electrons. The van der Waals surface area contributed by atoms with Crippen molar-refractivity contribution in [1.29, 1.82) is 0 Å². The molecular weight excluding hydrogens is 202 g/mol. The number of thioether (sulfide) groups is 1. The summed E-state index contributed by atoms with van der Waals surface area (Å²) in [4.78, 5) is 0. The summed E-state index contributed by atoms with van der Waals surface area (Å²) in [6.07, 6.45) is 2.60. The molecule has 1 unspecified atom stereocenters. The Kier molecular flexibility index (Phi) is 9.73. The molecule has 0 aromatic carbocycles. The quantitative estimate of drug-likeness (QED) is 0.648. The van der Waals surface area contributed by atoms with E-state index < -0.39 is 0 Å². The maximum atomic E-state index is 3.64. The summed E-state index contributed by atoms with van der Waals surface area (Å²) in [5.74, 6) is 4.24. The van der Waals surface area contributed by atoms with E-state index in [2.05, 4.69) is 51.7 Å². The summed E-state index contributed by atoms with van der Waals surface area (Å²) >= 11 is 2.11. The summed E-state index contributed by atoms with van der Waals surface area (Å²) in [5.41, 5.74) is 0. The Morgan fingerprint density at radius 3 is 2.00 bits per heavy atom. The third kappa shape index (κ3) is 7.24. The molecule has 1 N–H and O–H groups in total. The van der Waals surface area contributed by atoms with Crippen LogP contribution in [0.3, 0.4) is 0 Å². The molecule has 0 aliphatic rings. The van der Waals surface area contributed by atoms with Crippen LogP contribution in [0.25, 0.3) is 0 Å². The normalized spacial score (nSPS) is 13.8. The van der Waals surface area contributed by atoms with Crippen molar-refractivity contribution >= 4 is 11.8 Å². The maximum absolute atomic E-state index is 3.64. The minimum absolute atomic E-state index is 0.716. The first-order valence-corrected chi connectivity index (χ1v) is 7.62. The van der Waals surface area contributed by atoms with Crippen molar-refractivity contribution in [2.75, 3.05) is 18.1 Å². The predicted octanol–water partition coefficient (Wildman–Crippen LogP) is 3.79. The highest BCUT2D eigenvalue weighted by atomic mass is 32.2. The van der Waals surface area contributed by atoms with Crippen LogP contribution >= 0.6 is 11.8 Å². The smallest absolute Gasteiger partial charge is 0.0186 e. The molecule has 0 fully saturated rings. The van der Waals surface area contributed by atoms with Crippen molar-refractivity contribution in [3.05, 3.63) is 0 Å². The number of hydrogen-bond donors (Lipinski definition) is 1. The first kappa shape index (κ1) is 15.3. The van der Waals surface area contributed by atoms with Crippen molar-refractivity contribution in [2.24, 2.45) is 11.8 Å². The van der Waals surface area contributed by atoms with Gasteiger partial charge in [0, 0.05) is 11.8 Å². The summed E-state index contributed by atoms with van der Waals surface area (Å²) < 4.78 is 0. The number of hydrogen-bond acceptors (Lipinski definition) is 2. The highest BCUT2D eigenvalue weighted by Gasteiger charge is 2.17. The second-order valence-electron chi connectivity index (χ2n) is 4.67. The first-order valence-electron chi connectivity index (χ1n) is 6.46. The van der Waals surface area contributed by atoms with Gasteiger partial charge in [0.05, 0.1) is 0 Å². The van der Waals surface area contributed by atoms with Gasteiger partial charge in [-0.05, 0) is 24.1 Å². The molecule has 0 saturated heterocycles. The molecule has 0 aliphatic heterocycles. The molecule has 0 aromatic heterocycles. The van der Waals surface area contributed by atoms with Crippen molar-refractivity contribution in [3.63, 3.8) is 0 Å². The predicted molar refractivity (Wildman–Crippen MR) is 73.7 cm³/mol. The maximum Gasteiger partial charge on any atom is 0.0186 e. The number of nitrogens with one attached hydrogen (secondary N) is 1. The van der Waals surface area contributed by atoms with Gasteiger partial charge in [-0.3, -0.25) is 0 Å². The van der Waals surface area contributed by atoms with Crippen LogP contribution in [0, 0.1) is 11.8 Å². The van der Waals surface area contributed by atoms with Crippen LogP contribution in [-0.2, 0) is 0 Å². The Morgan fingerprint density at radius 1 is 1.00 bits per heavy atom. The van der Waals surface area contributed by atoms with E-state index in [1.807, 2.05) is 0 Å². The third-order valence-corrected chi connectivity index (χ3v) is 4.33. The Balaban J connectivity index is 3.91. The average Bonchev–Trinajstić information content (AvgIpc) is 2.19. The second kappa shape index (κ2) is 9.53. The van der Waals surface area contributed by atoms with Crippen molar-refractivity contribution in [3.8, 4) is 0 Å². The molecule has 1 nitrogen and oxygen atoms in total. The zero-order valence-electron chi connectivity index (χ0n) is 11.2. The SMILES string of the molecule is CCNC(CSCC(C)C)C(CC)CC. The fourth-order valence-electron chi connectivity index (χ4n) is 1.91. The molecule has 0 spiro atoms. The van der Waals surface area contributed by atoms with Crippen LogP contribution in [-0.4, -0.2) is 24.1 Å². The molecule has 0 bridgehead atoms. The minimum atomic E-state index is 0.716. The topological polar surface area (TPSA) is 12.0 Å². The lowest BCUT2D eigenvalue weighted by Crippen LogP contribution is -2.38. The van der Waals surface area contributed by atoms with Gasteiger partial charge in [0.2, 0.25) is 0 Å². The van der Waals surface area contributed by atoms with Crippen LogP contribution in [0.2, 0.25) is 0 Å². The molecule has 0 aromatic rings. The standard InChI is InChI=1S/C13H29NS/c1-6-12(7-2)13(14-8-3)10-15-9-11(4)5/h11-14H,6-10H2,1-5H3. The van der Waals surface area contributed by atoms with E-state index in [0.29, 0.717) is 6.04 Å². The highest BCUT2D eigenvalue weighted by Crippen LogP contribution is 2.18. The zero-order valence-corrected chi connectivity index (χ0v) is 12.0. The van der Waals surface area contributed by atoms with Crippen LogP contribution in [0.5, 0.6) is 0 Å². The molecule has 0 saturated carbocycles. The Labute approximate surface area is 101 Å². The van der Waals surface area contributed by atoms with Gasteiger partial charge in [-0.2, -0.15) is 11.8 Å². The molecule has 0 amide bonds. The van der Waals surface area contributed by atoms with Crippen molar-refractivity contribution in [1.82, 2.24) is 5.32 Å². The summed E-state index contributed by atoms with van der Waals surface area (Å²) in [5, 5.41) is 3.64. The van der Waals surface area contributed by atoms with E-state index in [0.717, 1.165) is 18.4 Å². The lowest BCUT2D eigenvalue weighted by Gasteiger charge is -2.26. The van der Waals surface area contributed by atoms with Crippen LogP contribution in [0.4, 0.5) is 0 Å². The Morgan fingerprint density at radius 2 is 1.60 bits per heavy atom. The lowest BCUT2D eigenvalue weighted by molar-refractivity contribution is 0.365. The van der Waals surface area contributed by atoms with Gasteiger partial charge in [0.25, 0.3) is 0 Å². The van der Waals surface area contributed by atoms with E-state index in [9.17, 15) is 0 Å². The molecule has 0 aliphatic carbocycles. The van der Waals surface area contributed by atoms with Crippen LogP contribution < -0.4 is 5.32 Å². The van der Waals surface area contributed by atoms with Gasteiger partial charge >= 0.3 is 0 Å². The molecule has 2 heteroatoms. The second-order valence-corrected chi connectivity index (χ2v) is 5.75. The molecule has 0 radical (unpaired) electrons.